The number of hydrogen-bond donors (Lipinski definition) is 1. The van der Waals surface area contributed by atoms with Gasteiger partial charge in [0.15, 0.2) is 0 Å². The molecule has 0 rings (SSSR count). The zero-order valence-corrected chi connectivity index (χ0v) is 9.43. The van der Waals surface area contributed by atoms with Gasteiger partial charge in [-0.05, 0) is 0 Å². The van der Waals surface area contributed by atoms with Gasteiger partial charge in [0.25, 0.3) is 5.78 Å². The first-order chi connectivity index (χ1) is 5.68. The molecule has 0 aromatic carbocycles. The van der Waals surface area contributed by atoms with Crippen LogP contribution >= 0.6 is 58.0 Å². The summed E-state index contributed by atoms with van der Waals surface area (Å²) in [6.07, 6.45) is 0. The van der Waals surface area contributed by atoms with Crippen LogP contribution in [0.25, 0.3) is 0 Å². The summed E-state index contributed by atoms with van der Waals surface area (Å²) in [7, 11) is 0. The molecule has 0 aliphatic carbocycles. The highest BCUT2D eigenvalue weighted by atomic mass is 35.6. The monoisotopic (exact) mass is 284 g/mol. The van der Waals surface area contributed by atoms with Gasteiger partial charge in [0, 0.05) is 0 Å². The smallest absolute Gasteiger partial charge is 0.378 e. The molecule has 0 spiro atoms. The second-order valence-corrected chi connectivity index (χ2v) is 4.80. The molecular formula is C5HCl5O3. The first kappa shape index (κ1) is 13.3. The van der Waals surface area contributed by atoms with E-state index in [0.717, 1.165) is 0 Å². The van der Waals surface area contributed by atoms with Crippen molar-refractivity contribution in [2.24, 2.45) is 0 Å². The molecule has 13 heavy (non-hydrogen) atoms. The van der Waals surface area contributed by atoms with Crippen molar-refractivity contribution >= 4 is 69.8 Å². The number of rotatable bonds is 2. The van der Waals surface area contributed by atoms with Gasteiger partial charge in [-0.3, -0.25) is 4.79 Å². The van der Waals surface area contributed by atoms with Crippen LogP contribution in [0.15, 0.2) is 10.1 Å². The maximum Gasteiger partial charge on any atom is 0.378 e. The number of carboxylic acid groups (broad SMARTS) is 1. The summed E-state index contributed by atoms with van der Waals surface area (Å²) < 4.78 is -2.11. The average Bonchev–Trinajstić information content (AvgIpc) is 1.98. The predicted molar refractivity (Wildman–Crippen MR) is 51.7 cm³/mol. The van der Waals surface area contributed by atoms with Crippen molar-refractivity contribution in [2.45, 2.75) is 3.79 Å². The Labute approximate surface area is 98.1 Å². The molecule has 0 saturated heterocycles. The van der Waals surface area contributed by atoms with Gasteiger partial charge in [0.2, 0.25) is 3.79 Å². The van der Waals surface area contributed by atoms with E-state index in [2.05, 4.69) is 0 Å². The molecule has 0 aromatic rings. The Morgan fingerprint density at radius 3 is 1.69 bits per heavy atom. The summed E-state index contributed by atoms with van der Waals surface area (Å²) in [5, 5.41) is 6.74. The SMILES string of the molecule is O=C(O)C(=O)/C(Cl)=C(\Cl)C(Cl)(Cl)Cl. The van der Waals surface area contributed by atoms with Gasteiger partial charge in [0.1, 0.15) is 5.03 Å². The van der Waals surface area contributed by atoms with Crippen molar-refractivity contribution < 1.29 is 14.7 Å². The lowest BCUT2D eigenvalue weighted by Gasteiger charge is -2.09. The van der Waals surface area contributed by atoms with Crippen LogP contribution in [0.5, 0.6) is 0 Å². The number of carboxylic acids is 1. The quantitative estimate of drug-likeness (QED) is 0.482. The van der Waals surface area contributed by atoms with Gasteiger partial charge in [-0.2, -0.15) is 0 Å². The lowest BCUT2D eigenvalue weighted by atomic mass is 10.3. The number of alkyl halides is 3. The van der Waals surface area contributed by atoms with Crippen LogP contribution in [0.1, 0.15) is 0 Å². The topological polar surface area (TPSA) is 54.4 Å². The maximum absolute atomic E-state index is 10.7. The minimum Gasteiger partial charge on any atom is -0.475 e. The fourth-order valence-corrected chi connectivity index (χ4v) is 1.05. The Morgan fingerprint density at radius 2 is 1.46 bits per heavy atom. The lowest BCUT2D eigenvalue weighted by Crippen LogP contribution is -2.16. The minimum absolute atomic E-state index is 0.647. The summed E-state index contributed by atoms with van der Waals surface area (Å²) in [6, 6.07) is 0. The van der Waals surface area contributed by atoms with E-state index in [4.69, 9.17) is 63.1 Å². The number of carbonyl (C=O) groups excluding carboxylic acids is 1. The number of Topliss-reactive ketones (excluding diaryl/α,β-unsaturated/α-hetero) is 1. The van der Waals surface area contributed by atoms with Crippen LogP contribution in [0.2, 0.25) is 0 Å². The number of carbonyl (C=O) groups is 2. The van der Waals surface area contributed by atoms with Crippen molar-refractivity contribution in [3.8, 4) is 0 Å². The molecule has 74 valence electrons. The molecule has 0 fully saturated rings. The number of ketones is 1. The third-order valence-corrected chi connectivity index (χ3v) is 2.62. The predicted octanol–water partition coefficient (Wildman–Crippen LogP) is 2.70. The maximum atomic E-state index is 10.7. The van der Waals surface area contributed by atoms with Crippen LogP contribution < -0.4 is 0 Å². The van der Waals surface area contributed by atoms with Gasteiger partial charge in [0.05, 0.1) is 5.03 Å². The van der Waals surface area contributed by atoms with Gasteiger partial charge in [-0.1, -0.05) is 58.0 Å². The van der Waals surface area contributed by atoms with E-state index < -0.39 is 25.6 Å². The van der Waals surface area contributed by atoms with Crippen molar-refractivity contribution in [3.63, 3.8) is 0 Å². The second kappa shape index (κ2) is 4.71. The molecule has 0 aromatic heterocycles. The fourth-order valence-electron chi connectivity index (χ4n) is 0.318. The van der Waals surface area contributed by atoms with Crippen molar-refractivity contribution in [1.82, 2.24) is 0 Å². The standard InChI is InChI=1S/C5HCl5O3/c6-1(2(11)4(12)13)3(7)5(8,9)10/h(H,12,13)/b3-1+. The molecule has 3 nitrogen and oxygen atoms in total. The van der Waals surface area contributed by atoms with Gasteiger partial charge in [-0.15, -0.1) is 0 Å². The zero-order chi connectivity index (χ0) is 10.8. The normalized spacial score (nSPS) is 13.6. The highest BCUT2D eigenvalue weighted by Crippen LogP contribution is 2.39. The Morgan fingerprint density at radius 1 is 1.08 bits per heavy atom. The first-order valence-corrected chi connectivity index (χ1v) is 4.47. The molecule has 1 N–H and O–H groups in total. The number of allylic oxidation sites excluding steroid dienone is 1. The van der Waals surface area contributed by atoms with Gasteiger partial charge in [-0.25, -0.2) is 4.79 Å². The summed E-state index contributed by atoms with van der Waals surface area (Å²) in [5.74, 6) is -3.21. The molecule has 0 bridgehead atoms. The lowest BCUT2D eigenvalue weighted by molar-refractivity contribution is -0.146. The number of halogens is 5. The molecule has 8 heteroatoms. The second-order valence-electron chi connectivity index (χ2n) is 1.76. The summed E-state index contributed by atoms with van der Waals surface area (Å²) in [5.41, 5.74) is 0. The number of hydrogen-bond acceptors (Lipinski definition) is 2. The van der Waals surface area contributed by atoms with Gasteiger partial charge < -0.3 is 5.11 Å². The molecule has 0 unspecified atom stereocenters. The molecule has 0 aliphatic heterocycles. The Hall–Kier alpha value is 0.330. The minimum atomic E-state index is -2.11. The average molecular weight is 286 g/mol. The van der Waals surface area contributed by atoms with Crippen LogP contribution in [0, 0.1) is 0 Å². The van der Waals surface area contributed by atoms with E-state index in [1.807, 2.05) is 0 Å². The summed E-state index contributed by atoms with van der Waals surface area (Å²) >= 11 is 26.3. The van der Waals surface area contributed by atoms with E-state index in [9.17, 15) is 9.59 Å². The molecular weight excluding hydrogens is 285 g/mol. The fraction of sp³-hybridized carbons (Fsp3) is 0.200. The Kier molecular flexibility index (Phi) is 4.83. The van der Waals surface area contributed by atoms with Crippen molar-refractivity contribution in [1.29, 1.82) is 0 Å². The molecule has 0 atom stereocenters. The largest absolute Gasteiger partial charge is 0.475 e. The van der Waals surface area contributed by atoms with Crippen LogP contribution in [-0.2, 0) is 9.59 Å². The van der Waals surface area contributed by atoms with E-state index >= 15 is 0 Å². The van der Waals surface area contributed by atoms with E-state index in [1.54, 1.807) is 0 Å². The molecule has 0 heterocycles. The van der Waals surface area contributed by atoms with E-state index in [1.165, 1.54) is 0 Å². The molecule has 0 radical (unpaired) electrons. The van der Waals surface area contributed by atoms with E-state index in [-0.39, 0.29) is 0 Å². The third-order valence-electron chi connectivity index (χ3n) is 0.835. The van der Waals surface area contributed by atoms with Crippen LogP contribution in [0.4, 0.5) is 0 Å². The first-order valence-electron chi connectivity index (χ1n) is 2.58. The molecule has 0 aliphatic rings. The van der Waals surface area contributed by atoms with Crippen LogP contribution in [-0.4, -0.2) is 20.7 Å². The highest BCUT2D eigenvalue weighted by Gasteiger charge is 2.31. The molecule has 0 amide bonds. The zero-order valence-electron chi connectivity index (χ0n) is 5.65. The number of aliphatic carboxylic acids is 1. The highest BCUT2D eigenvalue weighted by molar-refractivity contribution is 6.74. The Balaban J connectivity index is 5.05. The molecule has 0 saturated carbocycles. The van der Waals surface area contributed by atoms with Crippen molar-refractivity contribution in [3.05, 3.63) is 10.1 Å². The van der Waals surface area contributed by atoms with Gasteiger partial charge >= 0.3 is 5.97 Å². The van der Waals surface area contributed by atoms with E-state index in [0.29, 0.717) is 0 Å². The van der Waals surface area contributed by atoms with Crippen molar-refractivity contribution in [2.75, 3.05) is 0 Å². The summed E-state index contributed by atoms with van der Waals surface area (Å²) in [6.45, 7) is 0. The van der Waals surface area contributed by atoms with Crippen LogP contribution in [0.3, 0.4) is 0 Å². The Bertz CT molecular complexity index is 276. The third kappa shape index (κ3) is 3.92. The summed E-state index contributed by atoms with van der Waals surface area (Å²) in [4.78, 5) is 20.8.